The zero-order valence-electron chi connectivity index (χ0n) is 10.7. The monoisotopic (exact) mass is 304 g/mol. The van der Waals surface area contributed by atoms with E-state index < -0.39 is 5.82 Å². The molecule has 0 bridgehead atoms. The quantitative estimate of drug-likeness (QED) is 0.930. The van der Waals surface area contributed by atoms with Crippen molar-refractivity contribution in [2.75, 3.05) is 11.4 Å². The molecule has 0 saturated carbocycles. The Hall–Kier alpha value is -0.840. The highest BCUT2D eigenvalue weighted by molar-refractivity contribution is 6.40. The highest BCUT2D eigenvalue weighted by Crippen LogP contribution is 2.36. The Labute approximate surface area is 121 Å². The number of carbonyl (C=O) groups is 1. The summed E-state index contributed by atoms with van der Waals surface area (Å²) in [5.74, 6) is -0.591. The van der Waals surface area contributed by atoms with Gasteiger partial charge in [-0.15, -0.1) is 0 Å². The van der Waals surface area contributed by atoms with Gasteiger partial charge in [-0.2, -0.15) is 0 Å². The largest absolute Gasteiger partial charge is 0.308 e. The van der Waals surface area contributed by atoms with Crippen LogP contribution in [0.1, 0.15) is 20.3 Å². The van der Waals surface area contributed by atoms with E-state index >= 15 is 0 Å². The van der Waals surface area contributed by atoms with E-state index in [2.05, 4.69) is 5.32 Å². The number of amides is 1. The van der Waals surface area contributed by atoms with Crippen molar-refractivity contribution in [2.45, 2.75) is 32.4 Å². The van der Waals surface area contributed by atoms with Gasteiger partial charge in [0.2, 0.25) is 5.91 Å². The first-order valence-electron chi connectivity index (χ1n) is 6.12. The maximum absolute atomic E-state index is 13.2. The third-order valence-corrected chi connectivity index (χ3v) is 3.57. The summed E-state index contributed by atoms with van der Waals surface area (Å²) in [6, 6.07) is 2.31. The third-order valence-electron chi connectivity index (χ3n) is 2.99. The molecule has 19 heavy (non-hydrogen) atoms. The van der Waals surface area contributed by atoms with Gasteiger partial charge in [0.25, 0.3) is 0 Å². The van der Waals surface area contributed by atoms with Gasteiger partial charge in [-0.1, -0.05) is 37.0 Å². The maximum atomic E-state index is 13.2. The van der Waals surface area contributed by atoms with Crippen molar-refractivity contribution in [3.63, 3.8) is 0 Å². The molecule has 1 saturated heterocycles. The van der Waals surface area contributed by atoms with Crippen LogP contribution in [0.4, 0.5) is 10.1 Å². The first-order valence-corrected chi connectivity index (χ1v) is 6.87. The zero-order chi connectivity index (χ0) is 14.2. The number of hydrogen-bond acceptors (Lipinski definition) is 2. The van der Waals surface area contributed by atoms with Crippen LogP contribution in [0.5, 0.6) is 0 Å². The van der Waals surface area contributed by atoms with Crippen molar-refractivity contribution >= 4 is 34.8 Å². The summed E-state index contributed by atoms with van der Waals surface area (Å²) in [6.45, 7) is 4.48. The predicted octanol–water partition coefficient (Wildman–Crippen LogP) is 3.24. The van der Waals surface area contributed by atoms with E-state index in [0.717, 1.165) is 0 Å². The molecule has 1 aliphatic heterocycles. The molecular formula is C13H15Cl2FN2O. The average molecular weight is 305 g/mol. The summed E-state index contributed by atoms with van der Waals surface area (Å²) in [5.41, 5.74) is 0.391. The molecule has 0 radical (unpaired) electrons. The van der Waals surface area contributed by atoms with Crippen LogP contribution in [-0.4, -0.2) is 24.5 Å². The highest BCUT2D eigenvalue weighted by atomic mass is 35.5. The summed E-state index contributed by atoms with van der Waals surface area (Å²) in [7, 11) is 0. The van der Waals surface area contributed by atoms with E-state index in [-0.39, 0.29) is 28.0 Å². The summed E-state index contributed by atoms with van der Waals surface area (Å²) in [5, 5.41) is 3.50. The van der Waals surface area contributed by atoms with Gasteiger partial charge < -0.3 is 10.2 Å². The molecule has 6 heteroatoms. The molecule has 0 aromatic heterocycles. The number of rotatable bonds is 3. The lowest BCUT2D eigenvalue weighted by Gasteiger charge is -2.20. The fourth-order valence-electron chi connectivity index (χ4n) is 2.25. The fraction of sp³-hybridized carbons (Fsp3) is 0.462. The SMILES string of the molecule is CC(C)NC1CCN(c2c(Cl)cc(F)cc2Cl)C1=O. The van der Waals surface area contributed by atoms with Gasteiger partial charge in [-0.25, -0.2) is 4.39 Å². The first kappa shape index (κ1) is 14.6. The van der Waals surface area contributed by atoms with Crippen molar-refractivity contribution in [2.24, 2.45) is 0 Å². The van der Waals surface area contributed by atoms with Crippen molar-refractivity contribution in [1.29, 1.82) is 0 Å². The van der Waals surface area contributed by atoms with Crippen LogP contribution in [0.2, 0.25) is 10.0 Å². The van der Waals surface area contributed by atoms with E-state index in [4.69, 9.17) is 23.2 Å². The van der Waals surface area contributed by atoms with E-state index in [1.165, 1.54) is 17.0 Å². The Kier molecular flexibility index (Phi) is 4.33. The minimum absolute atomic E-state index is 0.0795. The number of nitrogens with zero attached hydrogens (tertiary/aromatic N) is 1. The first-order chi connectivity index (χ1) is 8.90. The smallest absolute Gasteiger partial charge is 0.244 e. The molecule has 1 atom stereocenters. The molecule has 1 heterocycles. The molecule has 1 aromatic rings. The second kappa shape index (κ2) is 5.65. The number of benzene rings is 1. The second-order valence-electron chi connectivity index (χ2n) is 4.87. The number of halogens is 3. The van der Waals surface area contributed by atoms with Crippen LogP contribution in [0.3, 0.4) is 0 Å². The lowest BCUT2D eigenvalue weighted by molar-refractivity contribution is -0.118. The Bertz CT molecular complexity index is 484. The molecular weight excluding hydrogens is 290 g/mol. The van der Waals surface area contributed by atoms with Gasteiger partial charge in [-0.05, 0) is 18.6 Å². The summed E-state index contributed by atoms with van der Waals surface area (Å²) >= 11 is 12.0. The predicted molar refractivity (Wildman–Crippen MR) is 75.4 cm³/mol. The van der Waals surface area contributed by atoms with E-state index in [0.29, 0.717) is 18.7 Å². The number of anilines is 1. The minimum Gasteiger partial charge on any atom is -0.308 e. The Balaban J connectivity index is 2.27. The average Bonchev–Trinajstić information content (AvgIpc) is 2.60. The molecule has 1 unspecified atom stereocenters. The van der Waals surface area contributed by atoms with Gasteiger partial charge in [0.05, 0.1) is 21.8 Å². The van der Waals surface area contributed by atoms with Crippen molar-refractivity contribution in [3.8, 4) is 0 Å². The van der Waals surface area contributed by atoms with Crippen molar-refractivity contribution < 1.29 is 9.18 Å². The van der Waals surface area contributed by atoms with Crippen LogP contribution in [0.25, 0.3) is 0 Å². The summed E-state index contributed by atoms with van der Waals surface area (Å²) in [4.78, 5) is 13.8. The highest BCUT2D eigenvalue weighted by Gasteiger charge is 2.34. The number of hydrogen-bond donors (Lipinski definition) is 1. The Morgan fingerprint density at radius 3 is 2.47 bits per heavy atom. The molecule has 0 spiro atoms. The Morgan fingerprint density at radius 2 is 1.95 bits per heavy atom. The molecule has 1 aromatic carbocycles. The summed E-state index contributed by atoms with van der Waals surface area (Å²) < 4.78 is 13.2. The molecule has 1 amide bonds. The molecule has 1 aliphatic rings. The number of carbonyl (C=O) groups excluding carboxylic acids is 1. The lowest BCUT2D eigenvalue weighted by atomic mass is 10.2. The Morgan fingerprint density at radius 1 is 1.37 bits per heavy atom. The minimum atomic E-state index is -0.512. The van der Waals surface area contributed by atoms with Crippen LogP contribution < -0.4 is 10.2 Å². The third kappa shape index (κ3) is 3.02. The van der Waals surface area contributed by atoms with Crippen LogP contribution >= 0.6 is 23.2 Å². The van der Waals surface area contributed by atoms with Gasteiger partial charge in [0, 0.05) is 12.6 Å². The molecule has 1 N–H and O–H groups in total. The van der Waals surface area contributed by atoms with E-state index in [9.17, 15) is 9.18 Å². The zero-order valence-corrected chi connectivity index (χ0v) is 12.2. The number of nitrogens with one attached hydrogen (secondary N) is 1. The molecule has 104 valence electrons. The van der Waals surface area contributed by atoms with E-state index in [1.807, 2.05) is 13.8 Å². The van der Waals surface area contributed by atoms with E-state index in [1.54, 1.807) is 0 Å². The normalized spacial score (nSPS) is 19.6. The van der Waals surface area contributed by atoms with Crippen molar-refractivity contribution in [3.05, 3.63) is 28.0 Å². The molecule has 0 aliphatic carbocycles. The van der Waals surface area contributed by atoms with Gasteiger partial charge in [0.15, 0.2) is 0 Å². The standard InChI is InChI=1S/C13H15Cl2FN2O/c1-7(2)17-11-3-4-18(13(11)19)12-9(14)5-8(16)6-10(12)15/h5-7,11,17H,3-4H2,1-2H3. The summed E-state index contributed by atoms with van der Waals surface area (Å²) in [6.07, 6.45) is 0.682. The molecule has 1 fully saturated rings. The van der Waals surface area contributed by atoms with Gasteiger partial charge in [0.1, 0.15) is 5.82 Å². The maximum Gasteiger partial charge on any atom is 0.244 e. The van der Waals surface area contributed by atoms with Crippen LogP contribution in [-0.2, 0) is 4.79 Å². The van der Waals surface area contributed by atoms with Crippen LogP contribution in [0, 0.1) is 5.82 Å². The van der Waals surface area contributed by atoms with Crippen LogP contribution in [0.15, 0.2) is 12.1 Å². The van der Waals surface area contributed by atoms with Crippen molar-refractivity contribution in [1.82, 2.24) is 5.32 Å². The lowest BCUT2D eigenvalue weighted by Crippen LogP contribution is -2.41. The second-order valence-corrected chi connectivity index (χ2v) is 5.68. The molecule has 3 nitrogen and oxygen atoms in total. The van der Waals surface area contributed by atoms with Gasteiger partial charge >= 0.3 is 0 Å². The topological polar surface area (TPSA) is 32.3 Å². The van der Waals surface area contributed by atoms with Gasteiger partial charge in [-0.3, -0.25) is 4.79 Å². The molecule has 2 rings (SSSR count). The fourth-order valence-corrected chi connectivity index (χ4v) is 2.92.